The van der Waals surface area contributed by atoms with Crippen LogP contribution in [0.1, 0.15) is 30.9 Å². The summed E-state index contributed by atoms with van der Waals surface area (Å²) in [5.74, 6) is 1.16. The number of aliphatic hydroxyl groups excluding tert-OH is 2. The van der Waals surface area contributed by atoms with Gasteiger partial charge in [-0.1, -0.05) is 13.0 Å². The minimum atomic E-state index is -0.513. The van der Waals surface area contributed by atoms with Gasteiger partial charge in [-0.25, -0.2) is 0 Å². The predicted octanol–water partition coefficient (Wildman–Crippen LogP) is 2.04. The molecule has 0 heterocycles. The first-order valence-electron chi connectivity index (χ1n) is 7.72. The van der Waals surface area contributed by atoms with Gasteiger partial charge in [-0.15, -0.1) is 0 Å². The van der Waals surface area contributed by atoms with Crippen LogP contribution in [-0.4, -0.2) is 42.6 Å². The van der Waals surface area contributed by atoms with Gasteiger partial charge in [0, 0.05) is 13.2 Å². The second kappa shape index (κ2) is 9.77. The van der Waals surface area contributed by atoms with Crippen molar-refractivity contribution in [1.29, 1.82) is 0 Å². The normalized spacial score (nSPS) is 14.0. The van der Waals surface area contributed by atoms with Gasteiger partial charge in [0.25, 0.3) is 0 Å². The standard InChI is InChI=1S/C17H29NO3/c1-13(11-19)5-4-6-18-10-16(20)12-21-17-8-14(2)7-15(3)9-17/h7-9,13,16,18-20H,4-6,10-12H2,1-3H3. The lowest BCUT2D eigenvalue weighted by molar-refractivity contribution is 0.106. The van der Waals surface area contributed by atoms with Crippen LogP contribution >= 0.6 is 0 Å². The van der Waals surface area contributed by atoms with E-state index in [1.165, 1.54) is 0 Å². The third kappa shape index (κ3) is 8.05. The predicted molar refractivity (Wildman–Crippen MR) is 85.8 cm³/mol. The van der Waals surface area contributed by atoms with Crippen LogP contribution in [0, 0.1) is 19.8 Å². The summed E-state index contributed by atoms with van der Waals surface area (Å²) in [6.07, 6.45) is 1.49. The largest absolute Gasteiger partial charge is 0.491 e. The Morgan fingerprint density at radius 2 is 1.86 bits per heavy atom. The molecule has 0 radical (unpaired) electrons. The molecule has 2 unspecified atom stereocenters. The molecule has 4 heteroatoms. The molecule has 0 aliphatic carbocycles. The zero-order chi connectivity index (χ0) is 15.7. The quantitative estimate of drug-likeness (QED) is 0.578. The van der Waals surface area contributed by atoms with Crippen molar-refractivity contribution in [2.24, 2.45) is 5.92 Å². The maximum absolute atomic E-state index is 9.88. The minimum Gasteiger partial charge on any atom is -0.491 e. The first-order valence-corrected chi connectivity index (χ1v) is 7.72. The van der Waals surface area contributed by atoms with E-state index >= 15 is 0 Å². The molecule has 1 aromatic carbocycles. The fraction of sp³-hybridized carbons (Fsp3) is 0.647. The Labute approximate surface area is 128 Å². The van der Waals surface area contributed by atoms with Gasteiger partial charge >= 0.3 is 0 Å². The third-order valence-corrected chi connectivity index (χ3v) is 3.38. The molecule has 0 spiro atoms. The molecule has 1 rings (SSSR count). The number of hydrogen-bond donors (Lipinski definition) is 3. The number of nitrogens with one attached hydrogen (secondary N) is 1. The second-order valence-electron chi connectivity index (χ2n) is 5.92. The Hall–Kier alpha value is -1.10. The van der Waals surface area contributed by atoms with E-state index < -0.39 is 6.10 Å². The van der Waals surface area contributed by atoms with Crippen LogP contribution in [0.4, 0.5) is 0 Å². The molecular formula is C17H29NO3. The molecule has 21 heavy (non-hydrogen) atoms. The Bertz CT molecular complexity index is 389. The van der Waals surface area contributed by atoms with Crippen molar-refractivity contribution in [3.8, 4) is 5.75 Å². The zero-order valence-electron chi connectivity index (χ0n) is 13.4. The number of benzene rings is 1. The zero-order valence-corrected chi connectivity index (χ0v) is 13.4. The molecule has 0 amide bonds. The molecule has 0 bridgehead atoms. The molecule has 1 aromatic rings. The first kappa shape index (κ1) is 18.0. The molecule has 0 saturated carbocycles. The number of ether oxygens (including phenoxy) is 1. The molecule has 0 fully saturated rings. The van der Waals surface area contributed by atoms with Crippen molar-refractivity contribution in [3.63, 3.8) is 0 Å². The van der Waals surface area contributed by atoms with Crippen molar-refractivity contribution < 1.29 is 14.9 Å². The van der Waals surface area contributed by atoms with Crippen LogP contribution in [0.5, 0.6) is 5.75 Å². The van der Waals surface area contributed by atoms with E-state index in [0.717, 1.165) is 36.3 Å². The number of hydrogen-bond acceptors (Lipinski definition) is 4. The van der Waals surface area contributed by atoms with Crippen LogP contribution in [0.15, 0.2) is 18.2 Å². The van der Waals surface area contributed by atoms with E-state index in [9.17, 15) is 5.11 Å². The Kier molecular flexibility index (Phi) is 8.35. The van der Waals surface area contributed by atoms with Crippen LogP contribution in [0.2, 0.25) is 0 Å². The summed E-state index contributed by atoms with van der Waals surface area (Å²) in [6, 6.07) is 6.05. The van der Waals surface area contributed by atoms with Gasteiger partial charge < -0.3 is 20.3 Å². The molecule has 0 aliphatic rings. The topological polar surface area (TPSA) is 61.7 Å². The molecule has 0 saturated heterocycles. The summed E-state index contributed by atoms with van der Waals surface area (Å²) in [5, 5.41) is 22.0. The van der Waals surface area contributed by atoms with Gasteiger partial charge in [0.15, 0.2) is 0 Å². The first-order chi connectivity index (χ1) is 10.0. The second-order valence-corrected chi connectivity index (χ2v) is 5.92. The van der Waals surface area contributed by atoms with Gasteiger partial charge in [0.1, 0.15) is 18.5 Å². The van der Waals surface area contributed by atoms with Gasteiger partial charge in [-0.2, -0.15) is 0 Å². The minimum absolute atomic E-state index is 0.242. The number of rotatable bonds is 10. The fourth-order valence-corrected chi connectivity index (χ4v) is 2.20. The highest BCUT2D eigenvalue weighted by Gasteiger charge is 2.06. The average Bonchev–Trinajstić information content (AvgIpc) is 2.43. The van der Waals surface area contributed by atoms with Gasteiger partial charge in [0.2, 0.25) is 0 Å². The van der Waals surface area contributed by atoms with Gasteiger partial charge in [-0.3, -0.25) is 0 Å². The maximum atomic E-state index is 9.88. The lowest BCUT2D eigenvalue weighted by atomic mass is 10.1. The maximum Gasteiger partial charge on any atom is 0.119 e. The molecule has 120 valence electrons. The molecule has 3 N–H and O–H groups in total. The summed E-state index contributed by atoms with van der Waals surface area (Å²) in [6.45, 7) is 8.02. The molecule has 4 nitrogen and oxygen atoms in total. The van der Waals surface area contributed by atoms with Crippen molar-refractivity contribution in [3.05, 3.63) is 29.3 Å². The summed E-state index contributed by atoms with van der Waals surface area (Å²) < 4.78 is 5.62. The van der Waals surface area contributed by atoms with E-state index in [1.54, 1.807) is 0 Å². The molecular weight excluding hydrogens is 266 g/mol. The lowest BCUT2D eigenvalue weighted by Crippen LogP contribution is -2.32. The van der Waals surface area contributed by atoms with Gasteiger partial charge in [-0.05, 0) is 62.4 Å². The van der Waals surface area contributed by atoms with Crippen molar-refractivity contribution in [2.75, 3.05) is 26.3 Å². The number of aliphatic hydroxyl groups is 2. The molecule has 0 aromatic heterocycles. The fourth-order valence-electron chi connectivity index (χ4n) is 2.20. The van der Waals surface area contributed by atoms with E-state index in [4.69, 9.17) is 9.84 Å². The highest BCUT2D eigenvalue weighted by Crippen LogP contribution is 2.16. The van der Waals surface area contributed by atoms with E-state index in [1.807, 2.05) is 32.9 Å². The lowest BCUT2D eigenvalue weighted by Gasteiger charge is -2.14. The van der Waals surface area contributed by atoms with E-state index in [-0.39, 0.29) is 6.61 Å². The highest BCUT2D eigenvalue weighted by molar-refractivity contribution is 5.32. The Balaban J connectivity index is 2.15. The monoisotopic (exact) mass is 295 g/mol. The van der Waals surface area contributed by atoms with E-state index in [2.05, 4.69) is 11.4 Å². The number of aryl methyl sites for hydroxylation is 2. The van der Waals surface area contributed by atoms with Crippen molar-refractivity contribution >= 4 is 0 Å². The SMILES string of the molecule is Cc1cc(C)cc(OCC(O)CNCCCC(C)CO)c1. The smallest absolute Gasteiger partial charge is 0.119 e. The van der Waals surface area contributed by atoms with Crippen LogP contribution in [0.3, 0.4) is 0 Å². The Morgan fingerprint density at radius 1 is 1.19 bits per heavy atom. The summed E-state index contributed by atoms with van der Waals surface area (Å²) in [5.41, 5.74) is 2.33. The third-order valence-electron chi connectivity index (χ3n) is 3.38. The summed E-state index contributed by atoms with van der Waals surface area (Å²) >= 11 is 0. The van der Waals surface area contributed by atoms with Crippen LogP contribution < -0.4 is 10.1 Å². The van der Waals surface area contributed by atoms with Crippen molar-refractivity contribution in [2.45, 2.75) is 39.7 Å². The Morgan fingerprint density at radius 3 is 2.48 bits per heavy atom. The van der Waals surface area contributed by atoms with Gasteiger partial charge in [0.05, 0.1) is 0 Å². The highest BCUT2D eigenvalue weighted by atomic mass is 16.5. The molecule has 0 aliphatic heterocycles. The van der Waals surface area contributed by atoms with Crippen LogP contribution in [-0.2, 0) is 0 Å². The van der Waals surface area contributed by atoms with Crippen molar-refractivity contribution in [1.82, 2.24) is 5.32 Å². The molecule has 2 atom stereocenters. The van der Waals surface area contributed by atoms with Crippen LogP contribution in [0.25, 0.3) is 0 Å². The summed E-state index contributed by atoms with van der Waals surface area (Å²) in [4.78, 5) is 0. The summed E-state index contributed by atoms with van der Waals surface area (Å²) in [7, 11) is 0. The van der Waals surface area contributed by atoms with E-state index in [0.29, 0.717) is 19.1 Å². The average molecular weight is 295 g/mol.